The number of nitrogens with zero attached hydrogens (tertiary/aromatic N) is 3. The summed E-state index contributed by atoms with van der Waals surface area (Å²) in [5, 5.41) is 3.38. The van der Waals surface area contributed by atoms with Crippen LogP contribution in [0.4, 0.5) is 5.82 Å². The molecule has 0 aromatic carbocycles. The standard InChI is InChI=1S/C15H24N4O3S/c1-11-17-13(14-3-6-19(14)23(2,20)21)9-15(18-11)16-10-12-4-7-22-8-5-12/h9,12,14H,3-8,10H2,1-2H3,(H,16,17,18)/t14-/m1/s1. The summed E-state index contributed by atoms with van der Waals surface area (Å²) < 4.78 is 30.4. The van der Waals surface area contributed by atoms with Crippen LogP contribution in [-0.2, 0) is 14.8 Å². The Hall–Kier alpha value is -1.25. The van der Waals surface area contributed by atoms with Crippen LogP contribution in [0.25, 0.3) is 0 Å². The van der Waals surface area contributed by atoms with Crippen LogP contribution in [0.1, 0.15) is 36.8 Å². The molecule has 3 heterocycles. The molecule has 0 spiro atoms. The second-order valence-electron chi connectivity index (χ2n) is 6.34. The van der Waals surface area contributed by atoms with E-state index in [-0.39, 0.29) is 6.04 Å². The largest absolute Gasteiger partial charge is 0.381 e. The molecule has 0 saturated carbocycles. The van der Waals surface area contributed by atoms with Crippen LogP contribution < -0.4 is 5.32 Å². The first-order valence-corrected chi connectivity index (χ1v) is 9.92. The van der Waals surface area contributed by atoms with E-state index in [4.69, 9.17) is 4.74 Å². The Morgan fingerprint density at radius 2 is 2.04 bits per heavy atom. The van der Waals surface area contributed by atoms with Gasteiger partial charge < -0.3 is 10.1 Å². The highest BCUT2D eigenvalue weighted by atomic mass is 32.2. The molecule has 1 N–H and O–H groups in total. The van der Waals surface area contributed by atoms with Crippen LogP contribution in [0.3, 0.4) is 0 Å². The van der Waals surface area contributed by atoms with Gasteiger partial charge in [-0.3, -0.25) is 0 Å². The molecule has 1 atom stereocenters. The maximum atomic E-state index is 11.8. The molecule has 0 bridgehead atoms. The highest BCUT2D eigenvalue weighted by molar-refractivity contribution is 7.88. The topological polar surface area (TPSA) is 84.4 Å². The monoisotopic (exact) mass is 340 g/mol. The van der Waals surface area contributed by atoms with E-state index in [2.05, 4.69) is 15.3 Å². The first-order valence-electron chi connectivity index (χ1n) is 8.07. The minimum atomic E-state index is -3.18. The van der Waals surface area contributed by atoms with Gasteiger partial charge in [-0.05, 0) is 32.1 Å². The van der Waals surface area contributed by atoms with E-state index < -0.39 is 10.0 Å². The zero-order chi connectivity index (χ0) is 16.4. The molecular formula is C15H24N4O3S. The van der Waals surface area contributed by atoms with Gasteiger partial charge in [-0.2, -0.15) is 4.31 Å². The summed E-state index contributed by atoms with van der Waals surface area (Å²) in [4.78, 5) is 8.86. The van der Waals surface area contributed by atoms with Gasteiger partial charge in [0.1, 0.15) is 11.6 Å². The average Bonchev–Trinajstić information content (AvgIpc) is 2.43. The third-order valence-electron chi connectivity index (χ3n) is 4.51. The van der Waals surface area contributed by atoms with Crippen molar-refractivity contribution in [1.82, 2.24) is 14.3 Å². The van der Waals surface area contributed by atoms with Crippen molar-refractivity contribution in [3.63, 3.8) is 0 Å². The Kier molecular flexibility index (Phi) is 4.84. The van der Waals surface area contributed by atoms with Crippen molar-refractivity contribution >= 4 is 15.8 Å². The van der Waals surface area contributed by atoms with Crippen molar-refractivity contribution < 1.29 is 13.2 Å². The number of ether oxygens (including phenoxy) is 1. The molecule has 8 heteroatoms. The molecular weight excluding hydrogens is 316 g/mol. The SMILES string of the molecule is Cc1nc(NCC2CCOCC2)cc([C@H]2CCN2S(C)(=O)=O)n1. The molecule has 0 amide bonds. The second kappa shape index (κ2) is 6.70. The molecule has 0 radical (unpaired) electrons. The van der Waals surface area contributed by atoms with Gasteiger partial charge in [0, 0.05) is 32.4 Å². The summed E-state index contributed by atoms with van der Waals surface area (Å²) >= 11 is 0. The molecule has 2 fully saturated rings. The summed E-state index contributed by atoms with van der Waals surface area (Å²) in [6, 6.07) is 1.73. The molecule has 2 saturated heterocycles. The molecule has 2 aliphatic rings. The molecule has 0 unspecified atom stereocenters. The highest BCUT2D eigenvalue weighted by Gasteiger charge is 2.37. The molecule has 23 heavy (non-hydrogen) atoms. The van der Waals surface area contributed by atoms with E-state index in [9.17, 15) is 8.42 Å². The van der Waals surface area contributed by atoms with Crippen LogP contribution >= 0.6 is 0 Å². The Labute approximate surface area is 137 Å². The molecule has 7 nitrogen and oxygen atoms in total. The Balaban J connectivity index is 1.69. The lowest BCUT2D eigenvalue weighted by molar-refractivity contribution is 0.0699. The van der Waals surface area contributed by atoms with E-state index in [1.54, 1.807) is 0 Å². The maximum Gasteiger partial charge on any atom is 0.211 e. The molecule has 3 rings (SSSR count). The number of anilines is 1. The van der Waals surface area contributed by atoms with Gasteiger partial charge in [-0.15, -0.1) is 0 Å². The van der Waals surface area contributed by atoms with E-state index in [0.717, 1.165) is 50.5 Å². The third-order valence-corrected chi connectivity index (χ3v) is 5.80. The van der Waals surface area contributed by atoms with Gasteiger partial charge in [-0.25, -0.2) is 18.4 Å². The molecule has 2 aliphatic heterocycles. The fraction of sp³-hybridized carbons (Fsp3) is 0.733. The lowest BCUT2D eigenvalue weighted by Crippen LogP contribution is -2.44. The van der Waals surface area contributed by atoms with Crippen LogP contribution in [-0.4, -0.2) is 55.3 Å². The van der Waals surface area contributed by atoms with Crippen LogP contribution in [0.15, 0.2) is 6.07 Å². The fourth-order valence-electron chi connectivity index (χ4n) is 3.11. The summed E-state index contributed by atoms with van der Waals surface area (Å²) in [6.07, 6.45) is 4.18. The van der Waals surface area contributed by atoms with E-state index in [1.165, 1.54) is 10.6 Å². The van der Waals surface area contributed by atoms with Crippen molar-refractivity contribution in [1.29, 1.82) is 0 Å². The predicted octanol–water partition coefficient (Wildman–Crippen LogP) is 1.33. The number of hydrogen-bond donors (Lipinski definition) is 1. The van der Waals surface area contributed by atoms with Gasteiger partial charge in [0.25, 0.3) is 0 Å². The van der Waals surface area contributed by atoms with Crippen LogP contribution in [0, 0.1) is 12.8 Å². The number of hydrogen-bond acceptors (Lipinski definition) is 6. The van der Waals surface area contributed by atoms with Crippen molar-refractivity contribution in [3.8, 4) is 0 Å². The van der Waals surface area contributed by atoms with Gasteiger partial charge >= 0.3 is 0 Å². The summed E-state index contributed by atoms with van der Waals surface area (Å²) in [5.41, 5.74) is 0.781. The number of aromatic nitrogens is 2. The molecule has 1 aromatic rings. The van der Waals surface area contributed by atoms with Gasteiger partial charge in [0.2, 0.25) is 10.0 Å². The van der Waals surface area contributed by atoms with Crippen LogP contribution in [0.2, 0.25) is 0 Å². The van der Waals surface area contributed by atoms with Gasteiger partial charge in [0.05, 0.1) is 18.0 Å². The number of nitrogens with one attached hydrogen (secondary N) is 1. The van der Waals surface area contributed by atoms with E-state index in [1.807, 2.05) is 13.0 Å². The summed E-state index contributed by atoms with van der Waals surface area (Å²) in [7, 11) is -3.18. The quantitative estimate of drug-likeness (QED) is 0.870. The minimum absolute atomic E-state index is 0.157. The van der Waals surface area contributed by atoms with Crippen molar-refractivity contribution in [2.75, 3.05) is 37.9 Å². The van der Waals surface area contributed by atoms with E-state index >= 15 is 0 Å². The zero-order valence-corrected chi connectivity index (χ0v) is 14.5. The first kappa shape index (κ1) is 16.6. The summed E-state index contributed by atoms with van der Waals surface area (Å²) in [5.74, 6) is 2.04. The Morgan fingerprint density at radius 3 is 2.65 bits per heavy atom. The van der Waals surface area contributed by atoms with E-state index in [0.29, 0.717) is 18.3 Å². The minimum Gasteiger partial charge on any atom is -0.381 e. The molecule has 0 aliphatic carbocycles. The summed E-state index contributed by atoms with van der Waals surface area (Å²) in [6.45, 7) is 4.92. The number of aryl methyl sites for hydroxylation is 1. The predicted molar refractivity (Wildman–Crippen MR) is 87.7 cm³/mol. The Morgan fingerprint density at radius 1 is 1.30 bits per heavy atom. The maximum absolute atomic E-state index is 11.8. The first-order chi connectivity index (χ1) is 10.9. The highest BCUT2D eigenvalue weighted by Crippen LogP contribution is 2.35. The van der Waals surface area contributed by atoms with Crippen LogP contribution in [0.5, 0.6) is 0 Å². The van der Waals surface area contributed by atoms with Gasteiger partial charge in [0.15, 0.2) is 0 Å². The average molecular weight is 340 g/mol. The normalized spacial score (nSPS) is 23.5. The lowest BCUT2D eigenvalue weighted by Gasteiger charge is -2.38. The molecule has 1 aromatic heterocycles. The van der Waals surface area contributed by atoms with Gasteiger partial charge in [-0.1, -0.05) is 0 Å². The second-order valence-corrected chi connectivity index (χ2v) is 8.28. The number of rotatable bonds is 5. The zero-order valence-electron chi connectivity index (χ0n) is 13.7. The lowest BCUT2D eigenvalue weighted by atomic mass is 10.0. The van der Waals surface area contributed by atoms with Crippen molar-refractivity contribution in [3.05, 3.63) is 17.6 Å². The van der Waals surface area contributed by atoms with Crippen molar-refractivity contribution in [2.45, 2.75) is 32.2 Å². The van der Waals surface area contributed by atoms with Crippen molar-refractivity contribution in [2.24, 2.45) is 5.92 Å². The number of sulfonamides is 1. The molecule has 128 valence electrons. The Bertz CT molecular complexity index is 659. The fourth-order valence-corrected chi connectivity index (χ4v) is 4.22. The smallest absolute Gasteiger partial charge is 0.211 e. The third kappa shape index (κ3) is 3.99.